The number of rotatable bonds is 8. The molecule has 0 fully saturated rings. The highest BCUT2D eigenvalue weighted by Crippen LogP contribution is 2.23. The Balaban J connectivity index is 0.000000208. The molecule has 3 aromatic rings. The molecule has 0 aromatic heterocycles. The first-order valence-corrected chi connectivity index (χ1v) is 12.8. The molecule has 3 aromatic carbocycles. The monoisotopic (exact) mass is 533 g/mol. The van der Waals surface area contributed by atoms with Gasteiger partial charge in [-0.3, -0.25) is 28.9 Å². The number of Topliss-reactive ketones (excluding diaryl/α,β-unsaturated/α-hetero) is 2. The molecule has 0 N–H and O–H groups in total. The molecule has 0 atom stereocenters. The van der Waals surface area contributed by atoms with E-state index in [1.54, 1.807) is 36.4 Å². The van der Waals surface area contributed by atoms with Gasteiger partial charge in [0.15, 0.2) is 5.78 Å². The van der Waals surface area contributed by atoms with Crippen LogP contribution < -0.4 is 0 Å². The maximum atomic E-state index is 12.5. The lowest BCUT2D eigenvalue weighted by Gasteiger charge is -2.09. The highest BCUT2D eigenvalue weighted by atomic mass is 32.1. The Labute approximate surface area is 226 Å². The van der Waals surface area contributed by atoms with Gasteiger partial charge in [0.05, 0.1) is 11.1 Å². The van der Waals surface area contributed by atoms with Crippen LogP contribution in [0.25, 0.3) is 0 Å². The molecular weight excluding hydrogens is 506 g/mol. The Bertz CT molecular complexity index is 1370. The van der Waals surface area contributed by atoms with Crippen molar-refractivity contribution in [3.63, 3.8) is 0 Å². The number of nitrogens with zero attached hydrogens (tertiary/aromatic N) is 1. The van der Waals surface area contributed by atoms with Crippen LogP contribution in [0.5, 0.6) is 0 Å². The third-order valence-electron chi connectivity index (χ3n) is 5.84. The van der Waals surface area contributed by atoms with Crippen molar-refractivity contribution >= 4 is 54.4 Å². The van der Waals surface area contributed by atoms with Gasteiger partial charge < -0.3 is 0 Å². The molecule has 37 heavy (non-hydrogen) atoms. The first kappa shape index (κ1) is 28.1. The van der Waals surface area contributed by atoms with Crippen molar-refractivity contribution in [2.75, 3.05) is 18.6 Å². The van der Waals surface area contributed by atoms with E-state index < -0.39 is 0 Å². The predicted molar refractivity (Wildman–Crippen MR) is 149 cm³/mol. The minimum absolute atomic E-state index is 0.0149. The maximum Gasteiger partial charge on any atom is 0.261 e. The molecule has 1 aliphatic heterocycles. The third-order valence-corrected chi connectivity index (χ3v) is 6.54. The Kier molecular flexibility index (Phi) is 9.60. The fourth-order valence-electron chi connectivity index (χ4n) is 3.91. The van der Waals surface area contributed by atoms with E-state index in [1.165, 1.54) is 7.05 Å². The van der Waals surface area contributed by atoms with Gasteiger partial charge in [-0.05, 0) is 30.2 Å². The predicted octanol–water partition coefficient (Wildman–Crippen LogP) is 4.22. The molecular formula is C29H27NO5S2. The van der Waals surface area contributed by atoms with Crippen LogP contribution in [0.3, 0.4) is 0 Å². The molecule has 0 radical (unpaired) electrons. The Morgan fingerprint density at radius 2 is 1.38 bits per heavy atom. The van der Waals surface area contributed by atoms with E-state index in [4.69, 9.17) is 0 Å². The molecule has 0 aliphatic carbocycles. The number of carbonyl (C=O) groups is 5. The molecule has 8 heteroatoms. The zero-order valence-electron chi connectivity index (χ0n) is 20.6. The summed E-state index contributed by atoms with van der Waals surface area (Å²) in [7, 11) is 1.45. The number of ketones is 3. The summed E-state index contributed by atoms with van der Waals surface area (Å²) in [6.07, 6.45) is 0.487. The van der Waals surface area contributed by atoms with Gasteiger partial charge in [0.1, 0.15) is 11.6 Å². The lowest BCUT2D eigenvalue weighted by Crippen LogP contribution is -2.24. The maximum absolute atomic E-state index is 12.5. The molecule has 0 unspecified atom stereocenters. The second kappa shape index (κ2) is 12.7. The van der Waals surface area contributed by atoms with E-state index in [0.717, 1.165) is 21.6 Å². The van der Waals surface area contributed by atoms with Crippen molar-refractivity contribution in [1.29, 1.82) is 0 Å². The number of amides is 2. The zero-order valence-corrected chi connectivity index (χ0v) is 22.4. The number of imide groups is 1. The molecule has 190 valence electrons. The zero-order chi connectivity index (χ0) is 27.1. The van der Waals surface area contributed by atoms with E-state index in [9.17, 15) is 24.0 Å². The molecule has 0 saturated carbocycles. The van der Waals surface area contributed by atoms with E-state index >= 15 is 0 Å². The number of carbonyl (C=O) groups excluding carboxylic acids is 5. The molecule has 6 nitrogen and oxygen atoms in total. The van der Waals surface area contributed by atoms with Gasteiger partial charge in [-0.15, -0.1) is 0 Å². The summed E-state index contributed by atoms with van der Waals surface area (Å²) in [5.74, 6) is -0.300. The van der Waals surface area contributed by atoms with E-state index in [-0.39, 0.29) is 53.5 Å². The van der Waals surface area contributed by atoms with Crippen LogP contribution in [0.2, 0.25) is 0 Å². The Morgan fingerprint density at radius 3 is 2.03 bits per heavy atom. The van der Waals surface area contributed by atoms with Crippen molar-refractivity contribution in [3.8, 4) is 0 Å². The van der Waals surface area contributed by atoms with Crippen LogP contribution >= 0.6 is 25.3 Å². The van der Waals surface area contributed by atoms with Crippen LogP contribution in [0.1, 0.15) is 53.3 Å². The highest BCUT2D eigenvalue weighted by molar-refractivity contribution is 7.81. The molecule has 0 bridgehead atoms. The highest BCUT2D eigenvalue weighted by Gasteiger charge is 2.32. The van der Waals surface area contributed by atoms with E-state index in [1.807, 2.05) is 37.3 Å². The topological polar surface area (TPSA) is 88.6 Å². The average molecular weight is 534 g/mol. The third kappa shape index (κ3) is 6.84. The lowest BCUT2D eigenvalue weighted by atomic mass is 9.94. The first-order chi connectivity index (χ1) is 17.7. The van der Waals surface area contributed by atoms with Gasteiger partial charge in [-0.25, -0.2) is 0 Å². The summed E-state index contributed by atoms with van der Waals surface area (Å²) in [4.78, 5) is 59.8. The van der Waals surface area contributed by atoms with Crippen LogP contribution in [0.15, 0.2) is 66.7 Å². The van der Waals surface area contributed by atoms with Gasteiger partial charge in [0, 0.05) is 42.5 Å². The number of hydrogen-bond donors (Lipinski definition) is 2. The molecule has 1 aliphatic rings. The lowest BCUT2D eigenvalue weighted by molar-refractivity contribution is -0.116. The van der Waals surface area contributed by atoms with Gasteiger partial charge in [0.25, 0.3) is 11.8 Å². The van der Waals surface area contributed by atoms with Gasteiger partial charge in [0.2, 0.25) is 0 Å². The molecule has 2 amide bonds. The quantitative estimate of drug-likeness (QED) is 0.257. The summed E-state index contributed by atoms with van der Waals surface area (Å²) < 4.78 is 0. The van der Waals surface area contributed by atoms with Crippen molar-refractivity contribution < 1.29 is 24.0 Å². The van der Waals surface area contributed by atoms with E-state index in [0.29, 0.717) is 22.3 Å². The standard InChI is InChI=1S/C17H16O2S.C12H11NO3S/c1-12-7-8-16(14(9-12)10-15(18)11-20)17(19)13-5-3-2-4-6-13;1-13-11(15)9-3-2-7(4-8(14)6-17)5-10(9)12(13)16/h2-9,20H,10-11H2,1H3;2-3,5,17H,4,6H2,1H3. The summed E-state index contributed by atoms with van der Waals surface area (Å²) in [6, 6.07) is 19.6. The SMILES string of the molecule is CN1C(=O)c2ccc(CC(=O)CS)cc2C1=O.Cc1ccc(C(=O)c2ccccc2)c(CC(=O)CS)c1. The number of thiol groups is 2. The normalized spacial score (nSPS) is 12.1. The number of benzene rings is 3. The Hall–Kier alpha value is -3.49. The van der Waals surface area contributed by atoms with Crippen molar-refractivity contribution in [2.24, 2.45) is 0 Å². The first-order valence-electron chi connectivity index (χ1n) is 11.6. The fraction of sp³-hybridized carbons (Fsp3) is 0.207. The molecule has 0 saturated heterocycles. The number of fused-ring (bicyclic) bond motifs is 1. The van der Waals surface area contributed by atoms with Crippen LogP contribution in [-0.2, 0) is 22.4 Å². The van der Waals surface area contributed by atoms with Crippen molar-refractivity contribution in [3.05, 3.63) is 106 Å². The molecule has 1 heterocycles. The van der Waals surface area contributed by atoms with Crippen LogP contribution in [0.4, 0.5) is 0 Å². The molecule has 0 spiro atoms. The van der Waals surface area contributed by atoms with Crippen LogP contribution in [-0.4, -0.2) is 52.6 Å². The summed E-state index contributed by atoms with van der Waals surface area (Å²) in [5.41, 5.74) is 4.56. The fourth-order valence-corrected chi connectivity index (χ4v) is 4.13. The van der Waals surface area contributed by atoms with Crippen LogP contribution in [0, 0.1) is 6.92 Å². The second-order valence-electron chi connectivity index (χ2n) is 8.65. The second-order valence-corrected chi connectivity index (χ2v) is 9.28. The summed E-state index contributed by atoms with van der Waals surface area (Å²) in [5, 5.41) is 0. The van der Waals surface area contributed by atoms with E-state index in [2.05, 4.69) is 25.3 Å². The minimum Gasteiger partial charge on any atom is -0.298 e. The van der Waals surface area contributed by atoms with Gasteiger partial charge >= 0.3 is 0 Å². The minimum atomic E-state index is -0.315. The van der Waals surface area contributed by atoms with Gasteiger partial charge in [-0.1, -0.05) is 60.2 Å². The van der Waals surface area contributed by atoms with Crippen molar-refractivity contribution in [1.82, 2.24) is 4.90 Å². The largest absolute Gasteiger partial charge is 0.298 e. The van der Waals surface area contributed by atoms with Gasteiger partial charge in [-0.2, -0.15) is 25.3 Å². The average Bonchev–Trinajstić information content (AvgIpc) is 3.12. The Morgan fingerprint density at radius 1 is 0.757 bits per heavy atom. The van der Waals surface area contributed by atoms with Crippen molar-refractivity contribution in [2.45, 2.75) is 19.8 Å². The molecule has 4 rings (SSSR count). The summed E-state index contributed by atoms with van der Waals surface area (Å²) >= 11 is 7.89. The summed E-state index contributed by atoms with van der Waals surface area (Å²) in [6.45, 7) is 1.95. The number of hydrogen-bond acceptors (Lipinski definition) is 7. The number of aryl methyl sites for hydroxylation is 1. The smallest absolute Gasteiger partial charge is 0.261 e.